The summed E-state index contributed by atoms with van der Waals surface area (Å²) < 4.78 is 7.66. The van der Waals surface area contributed by atoms with Crippen LogP contribution < -0.4 is 5.73 Å². The van der Waals surface area contributed by atoms with Gasteiger partial charge in [-0.15, -0.1) is 0 Å². The highest BCUT2D eigenvalue weighted by Gasteiger charge is 2.30. The number of nitrogen functional groups attached to an aromatic ring is 1. The third kappa shape index (κ3) is 2.94. The monoisotopic (exact) mass is 314 g/mol. The topological polar surface area (TPSA) is 57.2 Å². The van der Waals surface area contributed by atoms with E-state index in [-0.39, 0.29) is 11.9 Å². The van der Waals surface area contributed by atoms with Gasteiger partial charge in [0.2, 0.25) is 0 Å². The zero-order valence-electron chi connectivity index (χ0n) is 14.3. The summed E-state index contributed by atoms with van der Waals surface area (Å²) in [6, 6.07) is 6.14. The standard InChI is InChI=1S/C19H26N2O2/c1-4-23-19(22)13-5-7-17-15(9-13)16-10-14(20)6-8-18(16)21(17)11-12(2)3/h6,8,10,12-13H,4-5,7,9,11,20H2,1-3H3. The molecule has 0 saturated heterocycles. The molecule has 0 bridgehead atoms. The molecule has 2 aromatic rings. The molecule has 1 atom stereocenters. The SMILES string of the molecule is CCOC(=O)C1CCc2c(c3cc(N)ccc3n2CC(C)C)C1. The van der Waals surface area contributed by atoms with Gasteiger partial charge in [-0.25, -0.2) is 0 Å². The average molecular weight is 314 g/mol. The average Bonchev–Trinajstić information content (AvgIpc) is 2.80. The second kappa shape index (κ2) is 6.26. The molecule has 124 valence electrons. The number of hydrogen-bond donors (Lipinski definition) is 1. The minimum Gasteiger partial charge on any atom is -0.466 e. The van der Waals surface area contributed by atoms with Crippen LogP contribution in [0.3, 0.4) is 0 Å². The molecule has 1 unspecified atom stereocenters. The van der Waals surface area contributed by atoms with E-state index in [4.69, 9.17) is 10.5 Å². The number of esters is 1. The molecular formula is C19H26N2O2. The molecule has 0 amide bonds. The molecular weight excluding hydrogens is 288 g/mol. The van der Waals surface area contributed by atoms with Gasteiger partial charge in [-0.2, -0.15) is 0 Å². The van der Waals surface area contributed by atoms with Gasteiger partial charge in [0.15, 0.2) is 0 Å². The predicted molar refractivity (Wildman–Crippen MR) is 93.3 cm³/mol. The molecule has 23 heavy (non-hydrogen) atoms. The van der Waals surface area contributed by atoms with Crippen molar-refractivity contribution >= 4 is 22.6 Å². The number of hydrogen-bond acceptors (Lipinski definition) is 3. The Morgan fingerprint density at radius 2 is 2.22 bits per heavy atom. The fraction of sp³-hybridized carbons (Fsp3) is 0.526. The summed E-state index contributed by atoms with van der Waals surface area (Å²) in [5.74, 6) is 0.490. The van der Waals surface area contributed by atoms with Gasteiger partial charge < -0.3 is 15.0 Å². The summed E-state index contributed by atoms with van der Waals surface area (Å²) in [7, 11) is 0. The number of benzene rings is 1. The lowest BCUT2D eigenvalue weighted by atomic mass is 9.86. The minimum absolute atomic E-state index is 0.0259. The van der Waals surface area contributed by atoms with Gasteiger partial charge in [-0.05, 0) is 55.9 Å². The number of ether oxygens (including phenoxy) is 1. The molecule has 0 fully saturated rings. The summed E-state index contributed by atoms with van der Waals surface area (Å²) in [5.41, 5.74) is 10.7. The van der Waals surface area contributed by atoms with Crippen molar-refractivity contribution in [3.8, 4) is 0 Å². The number of aromatic nitrogens is 1. The van der Waals surface area contributed by atoms with Crippen LogP contribution in [0.1, 0.15) is 38.4 Å². The molecule has 2 N–H and O–H groups in total. The van der Waals surface area contributed by atoms with Crippen molar-refractivity contribution in [1.82, 2.24) is 4.57 Å². The molecule has 3 rings (SSSR count). The molecule has 4 heteroatoms. The van der Waals surface area contributed by atoms with E-state index >= 15 is 0 Å². The first-order valence-electron chi connectivity index (χ1n) is 8.57. The van der Waals surface area contributed by atoms with Crippen LogP contribution in [0, 0.1) is 11.8 Å². The highest BCUT2D eigenvalue weighted by atomic mass is 16.5. The molecule has 1 aliphatic rings. The summed E-state index contributed by atoms with van der Waals surface area (Å²) in [6.07, 6.45) is 2.56. The predicted octanol–water partition coefficient (Wildman–Crippen LogP) is 3.55. The Balaban J connectivity index is 2.06. The highest BCUT2D eigenvalue weighted by Crippen LogP contribution is 2.36. The van der Waals surface area contributed by atoms with Crippen LogP contribution in [-0.4, -0.2) is 17.1 Å². The fourth-order valence-corrected chi connectivity index (χ4v) is 3.70. The molecule has 0 saturated carbocycles. The Hall–Kier alpha value is -1.97. The van der Waals surface area contributed by atoms with Gasteiger partial charge in [0.25, 0.3) is 0 Å². The molecule has 1 aromatic carbocycles. The number of carbonyl (C=O) groups excluding carboxylic acids is 1. The quantitative estimate of drug-likeness (QED) is 0.693. The van der Waals surface area contributed by atoms with Crippen molar-refractivity contribution in [2.75, 3.05) is 12.3 Å². The number of nitrogens with zero attached hydrogens (tertiary/aromatic N) is 1. The van der Waals surface area contributed by atoms with Crippen LogP contribution in [0.25, 0.3) is 10.9 Å². The number of rotatable bonds is 4. The summed E-state index contributed by atoms with van der Waals surface area (Å²) in [5, 5.41) is 1.20. The Morgan fingerprint density at radius 1 is 1.43 bits per heavy atom. The Kier molecular flexibility index (Phi) is 4.33. The molecule has 0 radical (unpaired) electrons. The minimum atomic E-state index is -0.0631. The smallest absolute Gasteiger partial charge is 0.309 e. The fourth-order valence-electron chi connectivity index (χ4n) is 3.70. The van der Waals surface area contributed by atoms with Crippen molar-refractivity contribution < 1.29 is 9.53 Å². The van der Waals surface area contributed by atoms with Crippen LogP contribution in [0.5, 0.6) is 0 Å². The van der Waals surface area contributed by atoms with E-state index < -0.39 is 0 Å². The molecule has 0 spiro atoms. The van der Waals surface area contributed by atoms with E-state index in [1.54, 1.807) is 0 Å². The Bertz CT molecular complexity index is 731. The number of carbonyl (C=O) groups is 1. The van der Waals surface area contributed by atoms with E-state index in [9.17, 15) is 4.79 Å². The Morgan fingerprint density at radius 3 is 2.91 bits per heavy atom. The second-order valence-corrected chi connectivity index (χ2v) is 6.90. The first-order valence-corrected chi connectivity index (χ1v) is 8.57. The maximum Gasteiger partial charge on any atom is 0.309 e. The maximum atomic E-state index is 12.1. The molecule has 1 aliphatic carbocycles. The normalized spacial score (nSPS) is 17.5. The molecule has 0 aliphatic heterocycles. The van der Waals surface area contributed by atoms with Crippen LogP contribution in [0.15, 0.2) is 18.2 Å². The van der Waals surface area contributed by atoms with Crippen molar-refractivity contribution in [3.63, 3.8) is 0 Å². The number of anilines is 1. The summed E-state index contributed by atoms with van der Waals surface area (Å²) in [4.78, 5) is 12.1. The zero-order valence-corrected chi connectivity index (χ0v) is 14.3. The zero-order chi connectivity index (χ0) is 16.6. The highest BCUT2D eigenvalue weighted by molar-refractivity contribution is 5.89. The summed E-state index contributed by atoms with van der Waals surface area (Å²) >= 11 is 0. The lowest BCUT2D eigenvalue weighted by Gasteiger charge is -2.23. The van der Waals surface area contributed by atoms with Crippen molar-refractivity contribution in [2.24, 2.45) is 11.8 Å². The lowest BCUT2D eigenvalue weighted by Crippen LogP contribution is -2.25. The van der Waals surface area contributed by atoms with E-state index in [1.165, 1.54) is 22.2 Å². The van der Waals surface area contributed by atoms with Crippen LogP contribution >= 0.6 is 0 Å². The Labute approximate surface area is 137 Å². The summed E-state index contributed by atoms with van der Waals surface area (Å²) in [6.45, 7) is 7.78. The number of nitrogens with two attached hydrogens (primary N) is 1. The van der Waals surface area contributed by atoms with Gasteiger partial charge in [-0.3, -0.25) is 4.79 Å². The van der Waals surface area contributed by atoms with E-state index in [0.29, 0.717) is 12.5 Å². The van der Waals surface area contributed by atoms with Gasteiger partial charge in [0.1, 0.15) is 0 Å². The van der Waals surface area contributed by atoms with E-state index in [0.717, 1.165) is 31.5 Å². The van der Waals surface area contributed by atoms with Gasteiger partial charge in [0.05, 0.1) is 12.5 Å². The van der Waals surface area contributed by atoms with E-state index in [1.807, 2.05) is 13.0 Å². The van der Waals surface area contributed by atoms with Crippen molar-refractivity contribution in [3.05, 3.63) is 29.5 Å². The lowest BCUT2D eigenvalue weighted by molar-refractivity contribution is -0.148. The van der Waals surface area contributed by atoms with Crippen LogP contribution in [0.2, 0.25) is 0 Å². The second-order valence-electron chi connectivity index (χ2n) is 6.90. The van der Waals surface area contributed by atoms with Crippen LogP contribution in [-0.2, 0) is 28.9 Å². The third-order valence-corrected chi connectivity index (χ3v) is 4.66. The first kappa shape index (κ1) is 15.9. The maximum absolute atomic E-state index is 12.1. The number of fused-ring (bicyclic) bond motifs is 3. The van der Waals surface area contributed by atoms with E-state index in [2.05, 4.69) is 30.5 Å². The van der Waals surface area contributed by atoms with Gasteiger partial charge >= 0.3 is 5.97 Å². The van der Waals surface area contributed by atoms with Crippen molar-refractivity contribution in [1.29, 1.82) is 0 Å². The van der Waals surface area contributed by atoms with Gasteiger partial charge in [0, 0.05) is 28.8 Å². The third-order valence-electron chi connectivity index (χ3n) is 4.66. The van der Waals surface area contributed by atoms with Crippen LogP contribution in [0.4, 0.5) is 5.69 Å². The molecule has 1 heterocycles. The van der Waals surface area contributed by atoms with Crippen molar-refractivity contribution in [2.45, 2.75) is 46.6 Å². The molecule has 1 aromatic heterocycles. The molecule has 4 nitrogen and oxygen atoms in total. The first-order chi connectivity index (χ1) is 11.0. The van der Waals surface area contributed by atoms with Gasteiger partial charge in [-0.1, -0.05) is 13.8 Å². The largest absolute Gasteiger partial charge is 0.466 e.